The van der Waals surface area contributed by atoms with Gasteiger partial charge in [0.05, 0.1) is 4.92 Å². The topological polar surface area (TPSA) is 108 Å². The van der Waals surface area contributed by atoms with Gasteiger partial charge in [0.25, 0.3) is 5.91 Å². The van der Waals surface area contributed by atoms with Crippen LogP contribution < -0.4 is 10.1 Å². The summed E-state index contributed by atoms with van der Waals surface area (Å²) in [5, 5.41) is 13.0. The second-order valence-corrected chi connectivity index (χ2v) is 5.60. The van der Waals surface area contributed by atoms with E-state index in [1.54, 1.807) is 12.1 Å². The van der Waals surface area contributed by atoms with E-state index in [4.69, 9.17) is 9.47 Å². The summed E-state index contributed by atoms with van der Waals surface area (Å²) in [7, 11) is 0. The number of anilines is 1. The lowest BCUT2D eigenvalue weighted by molar-refractivity contribution is -0.387. The van der Waals surface area contributed by atoms with Gasteiger partial charge < -0.3 is 14.8 Å². The van der Waals surface area contributed by atoms with E-state index in [0.717, 1.165) is 23.8 Å². The van der Waals surface area contributed by atoms with Gasteiger partial charge in [-0.25, -0.2) is 4.79 Å². The molecule has 1 N–H and O–H groups in total. The average molecular weight is 376 g/mol. The number of carbonyl (C=O) groups excluding carboxylic acids is 2. The molecule has 0 aromatic heterocycles. The predicted molar refractivity (Wildman–Crippen MR) is 93.9 cm³/mol. The van der Waals surface area contributed by atoms with Gasteiger partial charge in [0.2, 0.25) is 5.82 Å². The molecule has 0 heterocycles. The summed E-state index contributed by atoms with van der Waals surface area (Å²) in [5.74, 6) is -1.98. The summed E-state index contributed by atoms with van der Waals surface area (Å²) in [6, 6.07) is 10.00. The number of para-hydroxylation sites is 1. The Balaban J connectivity index is 1.90. The largest absolute Gasteiger partial charge is 0.482 e. The minimum atomic E-state index is -1.18. The number of nitrogens with zero attached hydrogens (tertiary/aromatic N) is 1. The molecule has 0 aliphatic heterocycles. The van der Waals surface area contributed by atoms with E-state index in [1.807, 2.05) is 19.1 Å². The third-order valence-corrected chi connectivity index (χ3v) is 3.53. The predicted octanol–water partition coefficient (Wildman–Crippen LogP) is 2.99. The molecule has 0 saturated heterocycles. The van der Waals surface area contributed by atoms with Crippen molar-refractivity contribution >= 4 is 23.3 Å². The fourth-order valence-electron chi connectivity index (χ4n) is 2.11. The molecular formula is C18H17FN2O6. The maximum Gasteiger partial charge on any atom is 0.344 e. The van der Waals surface area contributed by atoms with Gasteiger partial charge >= 0.3 is 11.7 Å². The molecule has 0 aliphatic carbocycles. The highest BCUT2D eigenvalue weighted by Crippen LogP contribution is 2.22. The molecule has 9 heteroatoms. The zero-order chi connectivity index (χ0) is 20.0. The zero-order valence-corrected chi connectivity index (χ0v) is 14.6. The molecule has 8 nitrogen and oxygen atoms in total. The number of benzene rings is 2. The average Bonchev–Trinajstić information content (AvgIpc) is 2.62. The Morgan fingerprint density at radius 3 is 2.63 bits per heavy atom. The van der Waals surface area contributed by atoms with Crippen molar-refractivity contribution in [2.24, 2.45) is 0 Å². The van der Waals surface area contributed by atoms with Crippen molar-refractivity contribution in [1.29, 1.82) is 0 Å². The summed E-state index contributed by atoms with van der Waals surface area (Å²) in [6.45, 7) is 2.77. The van der Waals surface area contributed by atoms with Gasteiger partial charge in [-0.1, -0.05) is 18.2 Å². The first-order valence-corrected chi connectivity index (χ1v) is 7.90. The van der Waals surface area contributed by atoms with Crippen LogP contribution in [0.2, 0.25) is 0 Å². The quantitative estimate of drug-likeness (QED) is 0.452. The maximum absolute atomic E-state index is 13.3. The number of esters is 1. The molecule has 2 aromatic rings. The van der Waals surface area contributed by atoms with Crippen LogP contribution in [-0.4, -0.2) is 29.5 Å². The summed E-state index contributed by atoms with van der Waals surface area (Å²) >= 11 is 0. The number of rotatable bonds is 7. The first kappa shape index (κ1) is 19.8. The standard InChI is InChI=1S/C18H17FN2O6/c1-11-5-3-4-6-16(11)26-10-17(22)27-12(2)18(23)20-13-7-8-14(19)15(9-13)21(24)25/h3-9,12H,10H2,1-2H3,(H,20,23). The molecular weight excluding hydrogens is 359 g/mol. The van der Waals surface area contributed by atoms with Gasteiger partial charge in [-0.3, -0.25) is 14.9 Å². The fourth-order valence-corrected chi connectivity index (χ4v) is 2.11. The van der Waals surface area contributed by atoms with Crippen LogP contribution in [0.15, 0.2) is 42.5 Å². The highest BCUT2D eigenvalue weighted by molar-refractivity contribution is 5.95. The monoisotopic (exact) mass is 376 g/mol. The molecule has 0 radical (unpaired) electrons. The van der Waals surface area contributed by atoms with E-state index in [-0.39, 0.29) is 12.3 Å². The Kier molecular flexibility index (Phi) is 6.42. The molecule has 1 amide bonds. The van der Waals surface area contributed by atoms with Crippen molar-refractivity contribution < 1.29 is 28.4 Å². The van der Waals surface area contributed by atoms with Crippen LogP contribution in [0.5, 0.6) is 5.75 Å². The van der Waals surface area contributed by atoms with E-state index in [1.165, 1.54) is 6.92 Å². The van der Waals surface area contributed by atoms with Gasteiger partial charge in [0.15, 0.2) is 12.7 Å². The Morgan fingerprint density at radius 2 is 1.96 bits per heavy atom. The van der Waals surface area contributed by atoms with Gasteiger partial charge in [-0.15, -0.1) is 0 Å². The number of nitrogens with one attached hydrogen (secondary N) is 1. The number of halogens is 1. The lowest BCUT2D eigenvalue weighted by atomic mass is 10.2. The molecule has 0 fully saturated rings. The second-order valence-electron chi connectivity index (χ2n) is 5.60. The van der Waals surface area contributed by atoms with E-state index in [9.17, 15) is 24.1 Å². The molecule has 2 aromatic carbocycles. The smallest absolute Gasteiger partial charge is 0.344 e. The number of nitro groups is 1. The summed E-state index contributed by atoms with van der Waals surface area (Å²) in [5.41, 5.74) is 0.0743. The number of nitro benzene ring substituents is 1. The van der Waals surface area contributed by atoms with Crippen LogP contribution in [0.3, 0.4) is 0 Å². The van der Waals surface area contributed by atoms with Crippen molar-refractivity contribution in [2.75, 3.05) is 11.9 Å². The second kappa shape index (κ2) is 8.75. The number of hydrogen-bond donors (Lipinski definition) is 1. The molecule has 1 unspecified atom stereocenters. The lowest BCUT2D eigenvalue weighted by Gasteiger charge is -2.14. The summed E-state index contributed by atoms with van der Waals surface area (Å²) in [4.78, 5) is 33.7. The van der Waals surface area contributed by atoms with E-state index in [2.05, 4.69) is 5.32 Å². The molecule has 0 spiro atoms. The molecule has 27 heavy (non-hydrogen) atoms. The van der Waals surface area contributed by atoms with Gasteiger partial charge in [-0.2, -0.15) is 4.39 Å². The summed E-state index contributed by atoms with van der Waals surface area (Å²) in [6.07, 6.45) is -1.18. The highest BCUT2D eigenvalue weighted by atomic mass is 19.1. The van der Waals surface area contributed by atoms with Crippen molar-refractivity contribution in [3.8, 4) is 5.75 Å². The summed E-state index contributed by atoms with van der Waals surface area (Å²) < 4.78 is 23.6. The lowest BCUT2D eigenvalue weighted by Crippen LogP contribution is -2.31. The van der Waals surface area contributed by atoms with E-state index >= 15 is 0 Å². The maximum atomic E-state index is 13.3. The van der Waals surface area contributed by atoms with Crippen LogP contribution in [0.1, 0.15) is 12.5 Å². The van der Waals surface area contributed by atoms with Gasteiger partial charge in [0.1, 0.15) is 5.75 Å². The molecule has 142 valence electrons. The van der Waals surface area contributed by atoms with Crippen LogP contribution in [0.25, 0.3) is 0 Å². The van der Waals surface area contributed by atoms with Gasteiger partial charge in [-0.05, 0) is 37.6 Å². The van der Waals surface area contributed by atoms with Crippen molar-refractivity contribution in [1.82, 2.24) is 0 Å². The first-order valence-electron chi connectivity index (χ1n) is 7.90. The third-order valence-electron chi connectivity index (χ3n) is 3.53. The number of amides is 1. The molecule has 0 saturated carbocycles. The zero-order valence-electron chi connectivity index (χ0n) is 14.6. The number of ether oxygens (including phenoxy) is 2. The van der Waals surface area contributed by atoms with Gasteiger partial charge in [0, 0.05) is 11.8 Å². The van der Waals surface area contributed by atoms with Crippen molar-refractivity contribution in [2.45, 2.75) is 20.0 Å². The first-order chi connectivity index (χ1) is 12.8. The SMILES string of the molecule is Cc1ccccc1OCC(=O)OC(C)C(=O)Nc1ccc(F)c([N+](=O)[O-])c1. The Labute approximate surface area is 154 Å². The Hall–Kier alpha value is -3.49. The van der Waals surface area contributed by atoms with E-state index in [0.29, 0.717) is 5.75 Å². The van der Waals surface area contributed by atoms with Crippen LogP contribution in [0.4, 0.5) is 15.8 Å². The third kappa shape index (κ3) is 5.50. The minimum Gasteiger partial charge on any atom is -0.482 e. The molecule has 1 atom stereocenters. The minimum absolute atomic E-state index is 0.00663. The Bertz CT molecular complexity index is 871. The number of carbonyl (C=O) groups is 2. The van der Waals surface area contributed by atoms with Crippen LogP contribution in [-0.2, 0) is 14.3 Å². The molecule has 0 aliphatic rings. The normalized spacial score (nSPS) is 11.4. The number of aryl methyl sites for hydroxylation is 1. The number of hydrogen-bond acceptors (Lipinski definition) is 6. The molecule has 2 rings (SSSR count). The Morgan fingerprint density at radius 1 is 1.26 bits per heavy atom. The van der Waals surface area contributed by atoms with Crippen molar-refractivity contribution in [3.63, 3.8) is 0 Å². The van der Waals surface area contributed by atoms with Crippen LogP contribution in [0, 0.1) is 22.9 Å². The highest BCUT2D eigenvalue weighted by Gasteiger charge is 2.20. The van der Waals surface area contributed by atoms with E-state index < -0.39 is 34.4 Å². The van der Waals surface area contributed by atoms with Crippen molar-refractivity contribution in [3.05, 3.63) is 64.0 Å². The fraction of sp³-hybridized carbons (Fsp3) is 0.222. The molecule has 0 bridgehead atoms. The van der Waals surface area contributed by atoms with Crippen LogP contribution >= 0.6 is 0 Å².